The molecule has 3 aliphatic heterocycles. The molecule has 5 rings (SSSR count). The van der Waals surface area contributed by atoms with Gasteiger partial charge in [0.2, 0.25) is 11.8 Å². The quantitative estimate of drug-likeness (QED) is 0.461. The Morgan fingerprint density at radius 2 is 1.82 bits per heavy atom. The molecule has 1 aromatic carbocycles. The Kier molecular flexibility index (Phi) is 8.90. The Hall–Kier alpha value is -3.18. The Morgan fingerprint density at radius 1 is 1.07 bits per heavy atom. The third kappa shape index (κ3) is 6.75. The van der Waals surface area contributed by atoms with Crippen molar-refractivity contribution in [3.05, 3.63) is 33.8 Å². The van der Waals surface area contributed by atoms with Gasteiger partial charge in [-0.1, -0.05) is 13.0 Å². The molecule has 1 aromatic heterocycles. The lowest BCUT2D eigenvalue weighted by atomic mass is 9.97. The number of ether oxygens (including phenoxy) is 1. The average molecular weight is 556 g/mol. The first-order valence-corrected chi connectivity index (χ1v) is 14.6. The van der Waals surface area contributed by atoms with E-state index < -0.39 is 5.76 Å². The van der Waals surface area contributed by atoms with Crippen LogP contribution in [0.1, 0.15) is 43.7 Å². The number of carbonyl (C=O) groups is 3. The minimum Gasteiger partial charge on any atom is -0.463 e. The van der Waals surface area contributed by atoms with Crippen LogP contribution in [0.4, 0.5) is 0 Å². The lowest BCUT2D eigenvalue weighted by molar-refractivity contribution is -0.146. The molecule has 11 heteroatoms. The zero-order valence-electron chi connectivity index (χ0n) is 23.7. The smallest absolute Gasteiger partial charge is 0.417 e. The van der Waals surface area contributed by atoms with Gasteiger partial charge in [-0.25, -0.2) is 4.79 Å². The molecule has 0 bridgehead atoms. The number of aromatic nitrogens is 1. The van der Waals surface area contributed by atoms with Crippen LogP contribution in [-0.2, 0) is 25.5 Å². The number of carbonyl (C=O) groups excluding carboxylic acids is 3. The van der Waals surface area contributed by atoms with Crippen molar-refractivity contribution in [2.45, 2.75) is 52.0 Å². The molecule has 0 aliphatic carbocycles. The number of hydrogen-bond acceptors (Lipinski definition) is 8. The van der Waals surface area contributed by atoms with Gasteiger partial charge in [-0.3, -0.25) is 29.2 Å². The first kappa shape index (κ1) is 28.4. The summed E-state index contributed by atoms with van der Waals surface area (Å²) in [5.41, 5.74) is 3.17. The molecule has 0 spiro atoms. The van der Waals surface area contributed by atoms with Gasteiger partial charge in [0.1, 0.15) is 6.61 Å². The van der Waals surface area contributed by atoms with Gasteiger partial charge in [0.05, 0.1) is 18.6 Å². The van der Waals surface area contributed by atoms with Crippen LogP contribution in [0.25, 0.3) is 11.1 Å². The second kappa shape index (κ2) is 12.6. The van der Waals surface area contributed by atoms with Crippen molar-refractivity contribution in [2.24, 2.45) is 5.92 Å². The largest absolute Gasteiger partial charge is 0.463 e. The number of esters is 1. The van der Waals surface area contributed by atoms with E-state index in [1.807, 2.05) is 30.9 Å². The van der Waals surface area contributed by atoms with Crippen molar-refractivity contribution in [1.29, 1.82) is 0 Å². The van der Waals surface area contributed by atoms with E-state index in [-0.39, 0.29) is 30.3 Å². The number of aryl methyl sites for hydroxylation is 1. The maximum atomic E-state index is 13.2. The topological polar surface area (TPSA) is 119 Å². The predicted molar refractivity (Wildman–Crippen MR) is 149 cm³/mol. The molecule has 2 aromatic rings. The maximum Gasteiger partial charge on any atom is 0.417 e. The lowest BCUT2D eigenvalue weighted by Crippen LogP contribution is -2.55. The van der Waals surface area contributed by atoms with Gasteiger partial charge in [-0.15, -0.1) is 0 Å². The molecule has 218 valence electrons. The summed E-state index contributed by atoms with van der Waals surface area (Å²) >= 11 is 0. The Morgan fingerprint density at radius 3 is 2.52 bits per heavy atom. The van der Waals surface area contributed by atoms with E-state index in [0.29, 0.717) is 43.1 Å². The summed E-state index contributed by atoms with van der Waals surface area (Å²) in [6.07, 6.45) is 4.08. The van der Waals surface area contributed by atoms with Crippen LogP contribution >= 0.6 is 0 Å². The number of nitrogens with one attached hydrogen (secondary N) is 1. The van der Waals surface area contributed by atoms with Crippen LogP contribution in [-0.4, -0.2) is 114 Å². The van der Waals surface area contributed by atoms with Gasteiger partial charge >= 0.3 is 11.7 Å². The molecule has 0 saturated carbocycles. The van der Waals surface area contributed by atoms with Crippen molar-refractivity contribution in [2.75, 3.05) is 65.5 Å². The second-order valence-electron chi connectivity index (χ2n) is 11.5. The fourth-order valence-electron chi connectivity index (χ4n) is 6.35. The van der Waals surface area contributed by atoms with Crippen LogP contribution < -0.4 is 5.76 Å². The summed E-state index contributed by atoms with van der Waals surface area (Å²) in [5.74, 6) is -0.536. The first-order chi connectivity index (χ1) is 19.3. The van der Waals surface area contributed by atoms with E-state index in [4.69, 9.17) is 9.15 Å². The van der Waals surface area contributed by atoms with E-state index in [0.717, 1.165) is 76.2 Å². The predicted octanol–water partition coefficient (Wildman–Crippen LogP) is 1.38. The number of amides is 2. The minimum atomic E-state index is -0.464. The second-order valence-corrected chi connectivity index (χ2v) is 11.5. The van der Waals surface area contributed by atoms with Gasteiger partial charge in [-0.2, -0.15) is 0 Å². The lowest BCUT2D eigenvalue weighted by Gasteiger charge is -2.43. The summed E-state index contributed by atoms with van der Waals surface area (Å²) in [7, 11) is 0. The molecule has 3 aliphatic rings. The standard InChI is InChI=1S/C29H41N5O6/c1-20-16-22(18-24-27(20)30-29(38)40-24)17-21(2)28(37)34-12-10-32(11-13-34)23-5-8-31(9-6-23)19-26(36)39-15-14-33-7-3-4-25(33)35/h16,18,21,23H,3-15,17,19H2,1-2H3,(H,30,38)/t21-/m1/s1. The van der Waals surface area contributed by atoms with Crippen LogP contribution in [0.5, 0.6) is 0 Å². The van der Waals surface area contributed by atoms with Crippen LogP contribution in [0, 0.1) is 12.8 Å². The fourth-order valence-corrected chi connectivity index (χ4v) is 6.35. The monoisotopic (exact) mass is 555 g/mol. The number of fused-ring (bicyclic) bond motifs is 1. The van der Waals surface area contributed by atoms with Crippen molar-refractivity contribution in [1.82, 2.24) is 24.6 Å². The van der Waals surface area contributed by atoms with Gasteiger partial charge in [0.15, 0.2) is 5.58 Å². The molecule has 40 heavy (non-hydrogen) atoms. The Balaban J connectivity index is 1.01. The van der Waals surface area contributed by atoms with Gasteiger partial charge in [0.25, 0.3) is 0 Å². The average Bonchev–Trinajstić information content (AvgIpc) is 3.53. The highest BCUT2D eigenvalue weighted by Gasteiger charge is 2.31. The van der Waals surface area contributed by atoms with Gasteiger partial charge < -0.3 is 19.0 Å². The molecule has 3 fully saturated rings. The molecule has 11 nitrogen and oxygen atoms in total. The molecule has 1 atom stereocenters. The van der Waals surface area contributed by atoms with E-state index >= 15 is 0 Å². The van der Waals surface area contributed by atoms with Crippen molar-refractivity contribution in [3.8, 4) is 0 Å². The summed E-state index contributed by atoms with van der Waals surface area (Å²) in [5, 5.41) is 0. The maximum absolute atomic E-state index is 13.2. The highest BCUT2D eigenvalue weighted by atomic mass is 16.5. The van der Waals surface area contributed by atoms with Crippen LogP contribution in [0.15, 0.2) is 21.3 Å². The Bertz CT molecular complexity index is 1270. The molecule has 1 N–H and O–H groups in total. The van der Waals surface area contributed by atoms with E-state index in [1.54, 1.807) is 4.90 Å². The van der Waals surface area contributed by atoms with E-state index in [2.05, 4.69) is 14.8 Å². The SMILES string of the molecule is Cc1cc(C[C@@H](C)C(=O)N2CCN(C3CCN(CC(=O)OCCN4CCCC4=O)CC3)CC2)cc2oc(=O)[nH]c12. The Labute approximate surface area is 234 Å². The van der Waals surface area contributed by atoms with Gasteiger partial charge in [-0.05, 0) is 49.8 Å². The highest BCUT2D eigenvalue weighted by Crippen LogP contribution is 2.22. The molecule has 3 saturated heterocycles. The number of rotatable bonds is 9. The summed E-state index contributed by atoms with van der Waals surface area (Å²) in [6.45, 7) is 10.6. The third-order valence-electron chi connectivity index (χ3n) is 8.60. The summed E-state index contributed by atoms with van der Waals surface area (Å²) < 4.78 is 10.6. The molecular weight excluding hydrogens is 514 g/mol. The number of oxazole rings is 1. The number of piperazine rings is 1. The molecule has 4 heterocycles. The van der Waals surface area contributed by atoms with Gasteiger partial charge in [0, 0.05) is 64.2 Å². The normalized spacial score (nSPS) is 20.4. The molecule has 2 amide bonds. The first-order valence-electron chi connectivity index (χ1n) is 14.6. The van der Waals surface area contributed by atoms with Crippen LogP contribution in [0.2, 0.25) is 0 Å². The number of H-pyrrole nitrogens is 1. The highest BCUT2D eigenvalue weighted by molar-refractivity contribution is 5.80. The number of nitrogens with zero attached hydrogens (tertiary/aromatic N) is 4. The number of hydrogen-bond donors (Lipinski definition) is 1. The molecule has 0 radical (unpaired) electrons. The number of benzene rings is 1. The van der Waals surface area contributed by atoms with E-state index in [9.17, 15) is 19.2 Å². The van der Waals surface area contributed by atoms with Crippen molar-refractivity contribution in [3.63, 3.8) is 0 Å². The van der Waals surface area contributed by atoms with Crippen molar-refractivity contribution < 1.29 is 23.5 Å². The minimum absolute atomic E-state index is 0.149. The molecular formula is C29H41N5O6. The van der Waals surface area contributed by atoms with Crippen LogP contribution in [0.3, 0.4) is 0 Å². The zero-order valence-corrected chi connectivity index (χ0v) is 23.7. The fraction of sp³-hybridized carbons (Fsp3) is 0.655. The number of aromatic amines is 1. The molecule has 0 unspecified atom stereocenters. The zero-order chi connectivity index (χ0) is 28.2. The third-order valence-corrected chi connectivity index (χ3v) is 8.60. The van der Waals surface area contributed by atoms with Crippen molar-refractivity contribution >= 4 is 28.9 Å². The number of likely N-dealkylation sites (tertiary alicyclic amines) is 2. The number of piperidine rings is 1. The summed E-state index contributed by atoms with van der Waals surface area (Å²) in [6, 6.07) is 4.33. The summed E-state index contributed by atoms with van der Waals surface area (Å²) in [4.78, 5) is 59.8. The van der Waals surface area contributed by atoms with E-state index in [1.165, 1.54) is 0 Å².